The number of carboxylic acids is 2. The van der Waals surface area contributed by atoms with Crippen LogP contribution in [0.1, 0.15) is 125 Å². The standard InChI is InChI=1S/2C10H21NO2.2C9H19NO3/c2*1-8(13)10(5,7-12)11-6-9(2,3)4;2*1-8(2,3)5-10-9(4,6-11)7(12)13/h2*11-12H,6-7H2,1-5H3;2*10-11H,5-6H2,1-4H3,(H,12,13)/t10-;;9-;/m1.0./s1. The quantitative estimate of drug-likeness (QED) is 0.109. The number of ketones is 2. The molecule has 0 saturated carbocycles. The van der Waals surface area contributed by atoms with Crippen LogP contribution in [0.5, 0.6) is 0 Å². The van der Waals surface area contributed by atoms with E-state index in [4.69, 9.17) is 30.6 Å². The lowest BCUT2D eigenvalue weighted by Gasteiger charge is -2.30. The van der Waals surface area contributed by atoms with E-state index in [-0.39, 0.29) is 46.4 Å². The number of Topliss-reactive ketones (excluding diaryl/α,β-unsaturated/α-hetero) is 2. The molecule has 0 rings (SSSR count). The normalized spacial score (nSPS) is 16.7. The molecular weight excluding hydrogens is 672 g/mol. The first kappa shape index (κ1) is 56.7. The minimum Gasteiger partial charge on any atom is -0.480 e. The molecule has 10 N–H and O–H groups in total. The lowest BCUT2D eigenvalue weighted by Crippen LogP contribution is -2.54. The Labute approximate surface area is 315 Å². The molecule has 0 aliphatic carbocycles. The summed E-state index contributed by atoms with van der Waals surface area (Å²) >= 11 is 0. The van der Waals surface area contributed by atoms with Gasteiger partial charge in [-0.1, -0.05) is 83.1 Å². The summed E-state index contributed by atoms with van der Waals surface area (Å²) in [6.07, 6.45) is 0. The first-order chi connectivity index (χ1) is 22.8. The van der Waals surface area contributed by atoms with Crippen molar-refractivity contribution in [1.82, 2.24) is 21.3 Å². The van der Waals surface area contributed by atoms with Crippen LogP contribution in [0, 0.1) is 21.7 Å². The summed E-state index contributed by atoms with van der Waals surface area (Å²) in [6.45, 7) is 35.3. The summed E-state index contributed by atoms with van der Waals surface area (Å²) in [7, 11) is 0. The van der Waals surface area contributed by atoms with Crippen molar-refractivity contribution in [3.8, 4) is 0 Å². The topological polar surface area (TPSA) is 238 Å². The predicted octanol–water partition coefficient (Wildman–Crippen LogP) is 2.84. The Morgan fingerprint density at radius 2 is 0.519 bits per heavy atom. The van der Waals surface area contributed by atoms with Gasteiger partial charge in [0, 0.05) is 26.2 Å². The lowest BCUT2D eigenvalue weighted by molar-refractivity contribution is -0.147. The Morgan fingerprint density at radius 3 is 0.615 bits per heavy atom. The van der Waals surface area contributed by atoms with E-state index in [1.165, 1.54) is 27.7 Å². The molecule has 0 aliphatic rings. The van der Waals surface area contributed by atoms with E-state index >= 15 is 0 Å². The average Bonchev–Trinajstić information content (AvgIpc) is 2.99. The van der Waals surface area contributed by atoms with Gasteiger partial charge in [0.1, 0.15) is 11.1 Å². The van der Waals surface area contributed by atoms with Gasteiger partial charge in [0.2, 0.25) is 0 Å². The molecule has 52 heavy (non-hydrogen) atoms. The van der Waals surface area contributed by atoms with Crippen molar-refractivity contribution in [3.63, 3.8) is 0 Å². The molecule has 2 unspecified atom stereocenters. The zero-order chi connectivity index (χ0) is 42.8. The van der Waals surface area contributed by atoms with E-state index in [1.54, 1.807) is 13.8 Å². The van der Waals surface area contributed by atoms with Crippen molar-refractivity contribution in [1.29, 1.82) is 0 Å². The highest BCUT2D eigenvalue weighted by Gasteiger charge is 2.34. The number of aliphatic hydroxyl groups excluding tert-OH is 4. The minimum atomic E-state index is -1.23. The van der Waals surface area contributed by atoms with Crippen LogP contribution in [0.4, 0.5) is 0 Å². The largest absolute Gasteiger partial charge is 0.480 e. The molecule has 0 fully saturated rings. The highest BCUT2D eigenvalue weighted by Crippen LogP contribution is 2.16. The second-order valence-corrected chi connectivity index (χ2v) is 19.3. The van der Waals surface area contributed by atoms with Crippen LogP contribution in [0.3, 0.4) is 0 Å². The second-order valence-electron chi connectivity index (χ2n) is 19.3. The summed E-state index contributed by atoms with van der Waals surface area (Å²) < 4.78 is 0. The van der Waals surface area contributed by atoms with Crippen molar-refractivity contribution in [3.05, 3.63) is 0 Å². The van der Waals surface area contributed by atoms with Crippen molar-refractivity contribution < 1.29 is 49.8 Å². The first-order valence-electron chi connectivity index (χ1n) is 17.8. The van der Waals surface area contributed by atoms with Gasteiger partial charge in [-0.15, -0.1) is 0 Å². The third-order valence-corrected chi connectivity index (χ3v) is 7.80. The fraction of sp³-hybridized carbons (Fsp3) is 0.895. The molecule has 0 aliphatic heterocycles. The third kappa shape index (κ3) is 27.5. The fourth-order valence-electron chi connectivity index (χ4n) is 2.82. The number of nitrogens with one attached hydrogen (secondary N) is 4. The Bertz CT molecular complexity index is 908. The number of carbonyl (C=O) groups excluding carboxylic acids is 2. The minimum absolute atomic E-state index is 0.00583. The summed E-state index contributed by atoms with van der Waals surface area (Å²) in [5, 5.41) is 65.4. The maximum atomic E-state index is 11.2. The van der Waals surface area contributed by atoms with Gasteiger partial charge in [-0.3, -0.25) is 29.8 Å². The van der Waals surface area contributed by atoms with Gasteiger partial charge >= 0.3 is 11.9 Å². The van der Waals surface area contributed by atoms with Crippen LogP contribution >= 0.6 is 0 Å². The van der Waals surface area contributed by atoms with E-state index in [0.717, 1.165) is 0 Å². The maximum absolute atomic E-state index is 11.2. The molecule has 0 bridgehead atoms. The van der Waals surface area contributed by atoms with Gasteiger partial charge in [0.05, 0.1) is 37.5 Å². The van der Waals surface area contributed by atoms with Gasteiger partial charge in [-0.25, -0.2) is 0 Å². The number of hydrogen-bond acceptors (Lipinski definition) is 12. The number of rotatable bonds is 16. The SMILES string of the molecule is CC(=O)C(C)(CO)NCC(C)(C)C.CC(=O)[C@@](C)(CO)NCC(C)(C)C.CC(C)(C)CNC(C)(CO)C(=O)O.CC(C)(C)CN[C@@](C)(CO)C(=O)O. The van der Waals surface area contributed by atoms with Crippen LogP contribution in [0.15, 0.2) is 0 Å². The van der Waals surface area contributed by atoms with Crippen molar-refractivity contribution >= 4 is 23.5 Å². The van der Waals surface area contributed by atoms with Gasteiger partial charge in [-0.2, -0.15) is 0 Å². The molecule has 0 spiro atoms. The molecular formula is C38H80N4O10. The van der Waals surface area contributed by atoms with Crippen molar-refractivity contribution in [2.75, 3.05) is 52.6 Å². The number of aliphatic carboxylic acids is 2. The van der Waals surface area contributed by atoms with Crippen molar-refractivity contribution in [2.24, 2.45) is 21.7 Å². The molecule has 0 saturated heterocycles. The fourth-order valence-corrected chi connectivity index (χ4v) is 2.82. The summed E-state index contributed by atoms with van der Waals surface area (Å²) in [5.74, 6) is -2.11. The molecule has 0 radical (unpaired) electrons. The molecule has 4 atom stereocenters. The smallest absolute Gasteiger partial charge is 0.326 e. The lowest BCUT2D eigenvalue weighted by atomic mass is 9.92. The van der Waals surface area contributed by atoms with Crippen molar-refractivity contribution in [2.45, 2.75) is 147 Å². The Kier molecular flexibility index (Phi) is 25.1. The van der Waals surface area contributed by atoms with E-state index in [9.17, 15) is 19.2 Å². The molecule has 14 nitrogen and oxygen atoms in total. The predicted molar refractivity (Wildman–Crippen MR) is 208 cm³/mol. The van der Waals surface area contributed by atoms with Gasteiger partial charge in [0.25, 0.3) is 0 Å². The molecule has 14 heteroatoms. The maximum Gasteiger partial charge on any atom is 0.326 e. The number of hydrogen-bond donors (Lipinski definition) is 10. The third-order valence-electron chi connectivity index (χ3n) is 7.80. The Morgan fingerprint density at radius 1 is 0.365 bits per heavy atom. The molecule has 0 aromatic heterocycles. The van der Waals surface area contributed by atoms with Crippen LogP contribution in [-0.2, 0) is 19.2 Å². The molecule has 0 aromatic carbocycles. The summed E-state index contributed by atoms with van der Waals surface area (Å²) in [4.78, 5) is 43.9. The highest BCUT2D eigenvalue weighted by molar-refractivity contribution is 5.86. The molecule has 0 heterocycles. The van der Waals surface area contributed by atoms with Crippen LogP contribution in [0.2, 0.25) is 0 Å². The van der Waals surface area contributed by atoms with Crippen LogP contribution in [-0.4, -0.2) is 129 Å². The van der Waals surface area contributed by atoms with Crippen LogP contribution in [0.25, 0.3) is 0 Å². The molecule has 312 valence electrons. The molecule has 0 aromatic rings. The first-order valence-corrected chi connectivity index (χ1v) is 17.8. The van der Waals surface area contributed by atoms with Crippen LogP contribution < -0.4 is 21.3 Å². The summed E-state index contributed by atoms with van der Waals surface area (Å²) in [6, 6.07) is 0. The number of carbonyl (C=O) groups is 4. The van der Waals surface area contributed by atoms with E-state index in [0.29, 0.717) is 26.2 Å². The summed E-state index contributed by atoms with van der Waals surface area (Å²) in [5.41, 5.74) is -3.78. The monoisotopic (exact) mass is 753 g/mol. The second kappa shape index (κ2) is 23.0. The average molecular weight is 753 g/mol. The van der Waals surface area contributed by atoms with Gasteiger partial charge in [0.15, 0.2) is 11.6 Å². The highest BCUT2D eigenvalue weighted by atomic mass is 16.4. The van der Waals surface area contributed by atoms with Gasteiger partial charge < -0.3 is 41.3 Å². The van der Waals surface area contributed by atoms with E-state index in [2.05, 4.69) is 62.8 Å². The zero-order valence-electron chi connectivity index (χ0n) is 36.0. The zero-order valence-corrected chi connectivity index (χ0v) is 36.0. The van der Waals surface area contributed by atoms with Gasteiger partial charge in [-0.05, 0) is 63.2 Å². The van der Waals surface area contributed by atoms with E-state index < -0.39 is 47.3 Å². The Hall–Kier alpha value is -2.04. The molecule has 0 amide bonds. The Balaban J connectivity index is -0.000000295. The number of carboxylic acid groups (broad SMARTS) is 2. The van der Waals surface area contributed by atoms with E-state index in [1.807, 2.05) is 41.5 Å². The number of aliphatic hydroxyl groups is 4.